The molecular formula is C19H21Cl2SiZr. The van der Waals surface area contributed by atoms with E-state index < -0.39 is 0 Å². The Bertz CT molecular complexity index is 665. The third kappa shape index (κ3) is 6.63. The minimum atomic E-state index is 0. The van der Waals surface area contributed by atoms with Crippen LogP contribution in [0.3, 0.4) is 0 Å². The molecule has 0 saturated heterocycles. The Labute approximate surface area is 174 Å². The first kappa shape index (κ1) is 25.0. The van der Waals surface area contributed by atoms with Gasteiger partial charge in [0, 0.05) is 9.52 Å². The van der Waals surface area contributed by atoms with Crippen LogP contribution in [-0.2, 0) is 32.6 Å². The van der Waals surface area contributed by atoms with Crippen molar-refractivity contribution in [3.63, 3.8) is 0 Å². The normalized spacial score (nSPS) is 8.83. The van der Waals surface area contributed by atoms with Crippen LogP contribution in [0.1, 0.15) is 12.5 Å². The van der Waals surface area contributed by atoms with Crippen molar-refractivity contribution in [2.75, 3.05) is 0 Å². The van der Waals surface area contributed by atoms with Gasteiger partial charge in [-0.15, -0.1) is 34.5 Å². The zero-order chi connectivity index (χ0) is 14.4. The average molecular weight is 440 g/mol. The largest absolute Gasteiger partial charge is 3.00 e. The standard InChI is InChI=1S/C17H15.C2H6Si.2ClH.Zr/c1-2-13-11-15-9-6-10-16(17(15)12-13)14-7-4-3-5-8-14;1-3-2;;;/h3-12H,2H2,1H3;1-2H3;2*1H;/q-1;;;;+3/p-2. The summed E-state index contributed by atoms with van der Waals surface area (Å²) in [5, 5.41) is 2.72. The van der Waals surface area contributed by atoms with Gasteiger partial charge in [-0.2, -0.15) is 6.07 Å². The van der Waals surface area contributed by atoms with Gasteiger partial charge in [0.1, 0.15) is 0 Å². The first-order valence-corrected chi connectivity index (χ1v) is 9.12. The maximum Gasteiger partial charge on any atom is 3.00 e. The molecule has 23 heavy (non-hydrogen) atoms. The molecule has 0 aliphatic rings. The fourth-order valence-corrected chi connectivity index (χ4v) is 2.37. The molecule has 0 aliphatic heterocycles. The second-order valence-corrected chi connectivity index (χ2v) is 5.89. The van der Waals surface area contributed by atoms with E-state index in [2.05, 4.69) is 80.7 Å². The van der Waals surface area contributed by atoms with Gasteiger partial charge in [0.25, 0.3) is 0 Å². The van der Waals surface area contributed by atoms with Crippen LogP contribution in [0.4, 0.5) is 0 Å². The van der Waals surface area contributed by atoms with Gasteiger partial charge < -0.3 is 24.8 Å². The summed E-state index contributed by atoms with van der Waals surface area (Å²) in [6, 6.07) is 21.8. The van der Waals surface area contributed by atoms with Crippen molar-refractivity contribution in [1.29, 1.82) is 0 Å². The third-order valence-electron chi connectivity index (χ3n) is 3.30. The summed E-state index contributed by atoms with van der Waals surface area (Å²) in [4.78, 5) is 0. The zero-order valence-corrected chi connectivity index (χ0v) is 18.7. The summed E-state index contributed by atoms with van der Waals surface area (Å²) in [7, 11) is 1.08. The van der Waals surface area contributed by atoms with E-state index in [1.807, 2.05) is 0 Å². The van der Waals surface area contributed by atoms with E-state index in [-0.39, 0.29) is 51.0 Å². The molecule has 119 valence electrons. The van der Waals surface area contributed by atoms with Gasteiger partial charge in [-0.3, -0.25) is 0 Å². The predicted molar refractivity (Wildman–Crippen MR) is 91.8 cm³/mol. The number of hydrogen-bond donors (Lipinski definition) is 0. The minimum Gasteiger partial charge on any atom is -1.00 e. The van der Waals surface area contributed by atoms with E-state index in [1.54, 1.807) is 0 Å². The number of benzene rings is 2. The molecular weight excluding hydrogens is 418 g/mol. The van der Waals surface area contributed by atoms with Gasteiger partial charge in [-0.25, -0.2) is 0 Å². The van der Waals surface area contributed by atoms with Crippen LogP contribution in [0, 0.1) is 0 Å². The molecule has 0 saturated carbocycles. The summed E-state index contributed by atoms with van der Waals surface area (Å²) in [5.74, 6) is 0. The Morgan fingerprint density at radius 3 is 2.09 bits per heavy atom. The molecule has 3 rings (SSSR count). The van der Waals surface area contributed by atoms with Crippen LogP contribution in [0.2, 0.25) is 13.1 Å². The topological polar surface area (TPSA) is 0 Å². The van der Waals surface area contributed by atoms with E-state index in [0.29, 0.717) is 0 Å². The quantitative estimate of drug-likeness (QED) is 0.376. The molecule has 0 spiro atoms. The number of hydrogen-bond acceptors (Lipinski definition) is 0. The smallest absolute Gasteiger partial charge is 1.00 e. The van der Waals surface area contributed by atoms with Crippen molar-refractivity contribution in [1.82, 2.24) is 0 Å². The maximum atomic E-state index is 2.32. The molecule has 0 nitrogen and oxygen atoms in total. The summed E-state index contributed by atoms with van der Waals surface area (Å²) in [5.41, 5.74) is 4.05. The van der Waals surface area contributed by atoms with Gasteiger partial charge >= 0.3 is 26.2 Å². The van der Waals surface area contributed by atoms with Crippen LogP contribution in [0.5, 0.6) is 0 Å². The first-order chi connectivity index (χ1) is 9.80. The molecule has 0 aromatic heterocycles. The van der Waals surface area contributed by atoms with E-state index in [9.17, 15) is 0 Å². The van der Waals surface area contributed by atoms with Crippen LogP contribution in [0.15, 0.2) is 60.7 Å². The number of fused-ring (bicyclic) bond motifs is 1. The third-order valence-corrected chi connectivity index (χ3v) is 3.30. The summed E-state index contributed by atoms with van der Waals surface area (Å²) >= 11 is 0. The van der Waals surface area contributed by atoms with E-state index >= 15 is 0 Å². The van der Waals surface area contributed by atoms with Crippen molar-refractivity contribution in [3.8, 4) is 11.1 Å². The zero-order valence-electron chi connectivity index (χ0n) is 13.7. The molecule has 0 amide bonds. The van der Waals surface area contributed by atoms with Gasteiger partial charge in [0.2, 0.25) is 0 Å². The molecule has 3 radical (unpaired) electrons. The van der Waals surface area contributed by atoms with E-state index in [1.165, 1.54) is 27.5 Å². The van der Waals surface area contributed by atoms with Gasteiger partial charge in [-0.05, 0) is 12.0 Å². The number of rotatable bonds is 2. The Morgan fingerprint density at radius 1 is 0.913 bits per heavy atom. The molecule has 0 atom stereocenters. The molecule has 4 heteroatoms. The molecule has 0 unspecified atom stereocenters. The van der Waals surface area contributed by atoms with E-state index in [0.717, 1.165) is 15.9 Å². The molecule has 0 bridgehead atoms. The maximum absolute atomic E-state index is 2.32. The molecule has 0 fully saturated rings. The van der Waals surface area contributed by atoms with Crippen LogP contribution >= 0.6 is 0 Å². The second-order valence-electron chi connectivity index (χ2n) is 4.89. The second kappa shape index (κ2) is 13.1. The number of halogens is 2. The summed E-state index contributed by atoms with van der Waals surface area (Å²) in [6.07, 6.45) is 1.10. The fraction of sp³-hybridized carbons (Fsp3) is 0.211. The summed E-state index contributed by atoms with van der Waals surface area (Å²) < 4.78 is 0. The fourth-order valence-electron chi connectivity index (χ4n) is 2.37. The Hall–Kier alpha value is -0.270. The Kier molecular flexibility index (Phi) is 14.2. The number of aryl methyl sites for hydroxylation is 1. The molecule has 0 N–H and O–H groups in total. The first-order valence-electron chi connectivity index (χ1n) is 7.12. The van der Waals surface area contributed by atoms with Crippen LogP contribution in [-0.4, -0.2) is 9.52 Å². The molecule has 0 aliphatic carbocycles. The Morgan fingerprint density at radius 2 is 1.52 bits per heavy atom. The molecule has 0 heterocycles. The van der Waals surface area contributed by atoms with Crippen LogP contribution in [0.25, 0.3) is 21.9 Å². The minimum absolute atomic E-state index is 0. The van der Waals surface area contributed by atoms with Crippen molar-refractivity contribution in [2.45, 2.75) is 26.4 Å². The SMILES string of the molecule is CCc1cc2c(-c3ccccc3)cccc2[cH-]1.C[Si]C.[Cl-].[Cl-].[Zr+3]. The van der Waals surface area contributed by atoms with Crippen molar-refractivity contribution in [2.24, 2.45) is 0 Å². The van der Waals surface area contributed by atoms with Crippen molar-refractivity contribution < 1.29 is 51.0 Å². The monoisotopic (exact) mass is 437 g/mol. The van der Waals surface area contributed by atoms with Crippen LogP contribution < -0.4 is 24.8 Å². The average Bonchev–Trinajstić information content (AvgIpc) is 2.92. The van der Waals surface area contributed by atoms with Gasteiger partial charge in [0.05, 0.1) is 0 Å². The molecule has 3 aromatic rings. The van der Waals surface area contributed by atoms with Crippen molar-refractivity contribution in [3.05, 3.63) is 66.2 Å². The van der Waals surface area contributed by atoms with Crippen molar-refractivity contribution >= 4 is 20.3 Å². The predicted octanol–water partition coefficient (Wildman–Crippen LogP) is -0.420. The van der Waals surface area contributed by atoms with Gasteiger partial charge in [-0.1, -0.05) is 62.0 Å². The van der Waals surface area contributed by atoms with E-state index in [4.69, 9.17) is 0 Å². The Balaban J connectivity index is 0. The van der Waals surface area contributed by atoms with Gasteiger partial charge in [0.15, 0.2) is 0 Å². The summed E-state index contributed by atoms with van der Waals surface area (Å²) in [6.45, 7) is 6.51. The molecule has 3 aromatic carbocycles.